The molecule has 0 atom stereocenters. The first kappa shape index (κ1) is 28.1. The molecule has 0 aliphatic carbocycles. The highest BCUT2D eigenvalue weighted by molar-refractivity contribution is 5.98. The van der Waals surface area contributed by atoms with Crippen molar-refractivity contribution in [2.75, 3.05) is 33.9 Å². The minimum absolute atomic E-state index is 0.0973. The Morgan fingerprint density at radius 2 is 1.66 bits per heavy atom. The van der Waals surface area contributed by atoms with Gasteiger partial charge in [-0.1, -0.05) is 29.8 Å². The summed E-state index contributed by atoms with van der Waals surface area (Å²) < 4.78 is 10.5. The maximum atomic E-state index is 13.0. The van der Waals surface area contributed by atoms with Crippen LogP contribution in [-0.2, 0) is 11.3 Å². The molecule has 1 heterocycles. The van der Waals surface area contributed by atoms with E-state index in [1.807, 2.05) is 74.5 Å². The Bertz CT molecular complexity index is 1310. The van der Waals surface area contributed by atoms with Gasteiger partial charge in [-0.25, -0.2) is 0 Å². The van der Waals surface area contributed by atoms with E-state index in [0.717, 1.165) is 34.4 Å². The van der Waals surface area contributed by atoms with Crippen LogP contribution in [0.2, 0.25) is 0 Å². The highest BCUT2D eigenvalue weighted by atomic mass is 16.5. The number of aromatic nitrogens is 1. The average Bonchev–Trinajstić information content (AvgIpc) is 3.38. The van der Waals surface area contributed by atoms with Crippen molar-refractivity contribution in [3.63, 3.8) is 0 Å². The summed E-state index contributed by atoms with van der Waals surface area (Å²) in [5.74, 6) is 1.72. The van der Waals surface area contributed by atoms with E-state index in [-0.39, 0.29) is 5.91 Å². The fraction of sp³-hybridized carbons (Fsp3) is 0.267. The number of ether oxygens (including phenoxy) is 2. The summed E-state index contributed by atoms with van der Waals surface area (Å²) in [7, 11) is 3.23. The van der Waals surface area contributed by atoms with Crippen molar-refractivity contribution in [2.24, 2.45) is 0 Å². The van der Waals surface area contributed by atoms with Crippen LogP contribution in [0.5, 0.6) is 17.2 Å². The van der Waals surface area contributed by atoms with Crippen molar-refractivity contribution < 1.29 is 24.2 Å². The van der Waals surface area contributed by atoms with Crippen LogP contribution in [0, 0.1) is 6.92 Å². The number of aromatic amines is 1. The lowest BCUT2D eigenvalue weighted by molar-refractivity contribution is -0.118. The lowest BCUT2D eigenvalue weighted by atomic mass is 10.2. The maximum absolute atomic E-state index is 13.0. The molecule has 1 aromatic heterocycles. The number of fused-ring (bicyclic) bond motifs is 1. The standard InChI is InChI=1S/C23H27N3O4.C7H8O/c1-4-26(11-10-25(16-27)15-17-6-5-7-19(12-17)29-2)23(28)22-14-18-13-20(30-3)8-9-21(18)24-22;1-6-2-4-7(8)5-3-6/h5-9,12-14,16,24H,4,10-11,15H2,1-3H3;2-5,8H,1H3. The molecule has 38 heavy (non-hydrogen) atoms. The number of rotatable bonds is 10. The second kappa shape index (κ2) is 13.7. The van der Waals surface area contributed by atoms with Crippen molar-refractivity contribution in [3.05, 3.63) is 89.6 Å². The lowest BCUT2D eigenvalue weighted by Gasteiger charge is -2.24. The van der Waals surface area contributed by atoms with E-state index in [4.69, 9.17) is 14.6 Å². The number of nitrogens with zero attached hydrogens (tertiary/aromatic N) is 2. The highest BCUT2D eigenvalue weighted by Gasteiger charge is 2.18. The molecule has 0 saturated carbocycles. The van der Waals surface area contributed by atoms with Crippen LogP contribution >= 0.6 is 0 Å². The Morgan fingerprint density at radius 1 is 0.947 bits per heavy atom. The van der Waals surface area contributed by atoms with Crippen LogP contribution in [0.1, 0.15) is 28.5 Å². The third-order valence-corrected chi connectivity index (χ3v) is 6.09. The van der Waals surface area contributed by atoms with Gasteiger partial charge < -0.3 is 29.4 Å². The first-order valence-corrected chi connectivity index (χ1v) is 12.4. The molecule has 0 unspecified atom stereocenters. The van der Waals surface area contributed by atoms with Gasteiger partial charge in [-0.3, -0.25) is 9.59 Å². The number of aryl methyl sites for hydroxylation is 1. The van der Waals surface area contributed by atoms with Crippen LogP contribution in [0.4, 0.5) is 0 Å². The molecular weight excluding hydrogens is 482 g/mol. The number of amides is 2. The predicted octanol–water partition coefficient (Wildman–Crippen LogP) is 5.01. The van der Waals surface area contributed by atoms with Crippen LogP contribution in [-0.4, -0.2) is 66.1 Å². The minimum atomic E-state index is -0.0973. The number of hydrogen-bond acceptors (Lipinski definition) is 5. The van der Waals surface area contributed by atoms with Gasteiger partial charge in [0.05, 0.1) is 14.2 Å². The number of hydrogen-bond donors (Lipinski definition) is 2. The molecule has 4 aromatic rings. The van der Waals surface area contributed by atoms with Gasteiger partial charge in [0, 0.05) is 37.1 Å². The Hall–Kier alpha value is -4.46. The number of phenols is 1. The smallest absolute Gasteiger partial charge is 0.270 e. The quantitative estimate of drug-likeness (QED) is 0.289. The average molecular weight is 518 g/mol. The molecule has 0 saturated heterocycles. The number of methoxy groups -OCH3 is 2. The molecule has 2 amide bonds. The molecule has 0 radical (unpaired) electrons. The fourth-order valence-corrected chi connectivity index (χ4v) is 3.89. The number of benzene rings is 3. The predicted molar refractivity (Wildman–Crippen MR) is 149 cm³/mol. The van der Waals surface area contributed by atoms with E-state index in [1.54, 1.807) is 36.2 Å². The number of likely N-dealkylation sites (N-methyl/N-ethyl adjacent to an activating group) is 1. The van der Waals surface area contributed by atoms with Crippen molar-refractivity contribution in [1.29, 1.82) is 0 Å². The van der Waals surface area contributed by atoms with Crippen molar-refractivity contribution in [3.8, 4) is 17.2 Å². The second-order valence-electron chi connectivity index (χ2n) is 8.78. The van der Waals surface area contributed by atoms with Gasteiger partial charge in [-0.15, -0.1) is 0 Å². The number of H-pyrrole nitrogens is 1. The third kappa shape index (κ3) is 7.77. The van der Waals surface area contributed by atoms with Gasteiger partial charge in [-0.05, 0) is 67.9 Å². The van der Waals surface area contributed by atoms with E-state index in [0.29, 0.717) is 37.6 Å². The first-order valence-electron chi connectivity index (χ1n) is 12.4. The summed E-state index contributed by atoms with van der Waals surface area (Å²) >= 11 is 0. The largest absolute Gasteiger partial charge is 0.508 e. The maximum Gasteiger partial charge on any atom is 0.270 e. The van der Waals surface area contributed by atoms with Gasteiger partial charge in [0.1, 0.15) is 22.9 Å². The van der Waals surface area contributed by atoms with E-state index >= 15 is 0 Å². The van der Waals surface area contributed by atoms with Crippen molar-refractivity contribution in [1.82, 2.24) is 14.8 Å². The number of nitrogens with one attached hydrogen (secondary N) is 1. The van der Waals surface area contributed by atoms with Gasteiger partial charge >= 0.3 is 0 Å². The van der Waals surface area contributed by atoms with Crippen LogP contribution in [0.25, 0.3) is 10.9 Å². The SMILES string of the molecule is CCN(CCN(C=O)Cc1cccc(OC)c1)C(=O)c1cc2cc(OC)ccc2[nH]1.Cc1ccc(O)cc1. The van der Waals surface area contributed by atoms with Crippen molar-refractivity contribution in [2.45, 2.75) is 20.4 Å². The first-order chi connectivity index (χ1) is 18.4. The summed E-state index contributed by atoms with van der Waals surface area (Å²) in [5, 5.41) is 9.67. The van der Waals surface area contributed by atoms with Gasteiger partial charge in [0.25, 0.3) is 5.91 Å². The molecule has 3 aromatic carbocycles. The van der Waals surface area contributed by atoms with E-state index in [2.05, 4.69) is 4.98 Å². The monoisotopic (exact) mass is 517 g/mol. The number of phenolic OH excluding ortho intramolecular Hbond substituents is 1. The van der Waals surface area contributed by atoms with Gasteiger partial charge in [0.15, 0.2) is 0 Å². The molecule has 0 spiro atoms. The number of carbonyl (C=O) groups is 2. The lowest BCUT2D eigenvalue weighted by Crippen LogP contribution is -2.38. The molecule has 8 heteroatoms. The van der Waals surface area contributed by atoms with Gasteiger partial charge in [-0.2, -0.15) is 0 Å². The normalized spacial score (nSPS) is 10.3. The van der Waals surface area contributed by atoms with E-state index in [9.17, 15) is 9.59 Å². The summed E-state index contributed by atoms with van der Waals surface area (Å²) in [6, 6.07) is 22.2. The van der Waals surface area contributed by atoms with Crippen LogP contribution < -0.4 is 9.47 Å². The number of carbonyl (C=O) groups excluding carboxylic acids is 2. The summed E-state index contributed by atoms with van der Waals surface area (Å²) in [6.45, 7) is 5.80. The molecule has 8 nitrogen and oxygen atoms in total. The fourth-order valence-electron chi connectivity index (χ4n) is 3.89. The Kier molecular flexibility index (Phi) is 10.2. The molecule has 0 aliphatic heterocycles. The molecule has 4 rings (SSSR count). The zero-order valence-corrected chi connectivity index (χ0v) is 22.3. The summed E-state index contributed by atoms with van der Waals surface area (Å²) in [6.07, 6.45) is 0.813. The van der Waals surface area contributed by atoms with Gasteiger partial charge in [0.2, 0.25) is 6.41 Å². The van der Waals surface area contributed by atoms with E-state index < -0.39 is 0 Å². The molecule has 0 bridgehead atoms. The third-order valence-electron chi connectivity index (χ3n) is 6.09. The molecule has 0 fully saturated rings. The van der Waals surface area contributed by atoms with Crippen LogP contribution in [0.15, 0.2) is 72.8 Å². The minimum Gasteiger partial charge on any atom is -0.508 e. The molecule has 0 aliphatic rings. The second-order valence-corrected chi connectivity index (χ2v) is 8.78. The topological polar surface area (TPSA) is 95.1 Å². The molecule has 2 N–H and O–H groups in total. The molecular formula is C30H35N3O5. The Morgan fingerprint density at radius 3 is 2.29 bits per heavy atom. The zero-order chi connectivity index (χ0) is 27.5. The zero-order valence-electron chi connectivity index (χ0n) is 22.3. The summed E-state index contributed by atoms with van der Waals surface area (Å²) in [5.41, 5.74) is 3.54. The highest BCUT2D eigenvalue weighted by Crippen LogP contribution is 2.22. The summed E-state index contributed by atoms with van der Waals surface area (Å²) in [4.78, 5) is 31.1. The number of aromatic hydroxyl groups is 1. The van der Waals surface area contributed by atoms with Crippen LogP contribution in [0.3, 0.4) is 0 Å². The Balaban J connectivity index is 0.000000427. The Labute approximate surface area is 223 Å². The van der Waals surface area contributed by atoms with E-state index in [1.165, 1.54) is 5.56 Å². The van der Waals surface area contributed by atoms with Crippen molar-refractivity contribution >= 4 is 23.2 Å². The molecule has 200 valence electrons.